The number of aryl methyl sites for hydroxylation is 1. The van der Waals surface area contributed by atoms with Crippen LogP contribution in [0.25, 0.3) is 0 Å². The van der Waals surface area contributed by atoms with Crippen LogP contribution < -0.4 is 9.80 Å². The number of pyridine rings is 1. The first kappa shape index (κ1) is 20.5. The van der Waals surface area contributed by atoms with E-state index in [0.29, 0.717) is 18.7 Å². The zero-order valence-corrected chi connectivity index (χ0v) is 18.0. The number of aliphatic hydroxyl groups is 1. The summed E-state index contributed by atoms with van der Waals surface area (Å²) < 4.78 is 0. The van der Waals surface area contributed by atoms with Crippen molar-refractivity contribution in [2.45, 2.75) is 32.3 Å². The second kappa shape index (κ2) is 8.18. The molecule has 2 aromatic rings. The summed E-state index contributed by atoms with van der Waals surface area (Å²) in [5, 5.41) is 10.6. The number of piperidine rings is 2. The van der Waals surface area contributed by atoms with E-state index in [9.17, 15) is 9.90 Å². The molecule has 8 heteroatoms. The molecular weight excluding hydrogens is 380 g/mol. The number of aliphatic hydroxyl groups excluding tert-OH is 1. The molecule has 160 valence electrons. The Balaban J connectivity index is 1.47. The van der Waals surface area contributed by atoms with Gasteiger partial charge in [0.1, 0.15) is 5.82 Å². The van der Waals surface area contributed by atoms with E-state index in [1.165, 1.54) is 0 Å². The van der Waals surface area contributed by atoms with Crippen LogP contribution >= 0.6 is 0 Å². The molecule has 0 aromatic carbocycles. The molecule has 1 unspecified atom stereocenters. The lowest BCUT2D eigenvalue weighted by atomic mass is 9.71. The molecule has 2 saturated heterocycles. The predicted octanol–water partition coefficient (Wildman–Crippen LogP) is 1.74. The molecule has 1 amide bonds. The van der Waals surface area contributed by atoms with Gasteiger partial charge in [-0.3, -0.25) is 9.78 Å². The van der Waals surface area contributed by atoms with Gasteiger partial charge in [-0.25, -0.2) is 4.98 Å². The lowest BCUT2D eigenvalue weighted by Gasteiger charge is -2.49. The minimum atomic E-state index is -0.499. The largest absolute Gasteiger partial charge is 0.391 e. The third-order valence-corrected chi connectivity index (χ3v) is 6.22. The van der Waals surface area contributed by atoms with E-state index in [0.717, 1.165) is 49.8 Å². The van der Waals surface area contributed by atoms with Crippen molar-refractivity contribution in [2.24, 2.45) is 5.41 Å². The maximum Gasteiger partial charge on any atom is 0.255 e. The Morgan fingerprint density at radius 2 is 2.03 bits per heavy atom. The molecule has 2 aromatic heterocycles. The number of anilines is 2. The zero-order chi connectivity index (χ0) is 21.3. The van der Waals surface area contributed by atoms with Gasteiger partial charge in [-0.15, -0.1) is 0 Å². The first-order valence-electron chi connectivity index (χ1n) is 10.5. The lowest BCUT2D eigenvalue weighted by Crippen LogP contribution is -2.55. The summed E-state index contributed by atoms with van der Waals surface area (Å²) >= 11 is 0. The molecule has 0 radical (unpaired) electrons. The summed E-state index contributed by atoms with van der Waals surface area (Å²) in [7, 11) is 3.96. The SMILES string of the molecule is Cc1cc(N(C)C)nc(N2CCC3(CC2)CC(O)CN(C(=O)c2cccnc2)C3)n1. The third kappa shape index (κ3) is 4.23. The van der Waals surface area contributed by atoms with Crippen LogP contribution in [0.2, 0.25) is 0 Å². The summed E-state index contributed by atoms with van der Waals surface area (Å²) in [5.74, 6) is 1.61. The van der Waals surface area contributed by atoms with Crippen LogP contribution in [0.4, 0.5) is 11.8 Å². The number of amides is 1. The van der Waals surface area contributed by atoms with Gasteiger partial charge in [-0.05, 0) is 43.7 Å². The predicted molar refractivity (Wildman–Crippen MR) is 116 cm³/mol. The van der Waals surface area contributed by atoms with Gasteiger partial charge >= 0.3 is 0 Å². The minimum absolute atomic E-state index is 0.0544. The molecular formula is C22H30N6O2. The normalized spacial score (nSPS) is 21.0. The maximum absolute atomic E-state index is 12.9. The summed E-state index contributed by atoms with van der Waals surface area (Å²) in [4.78, 5) is 32.4. The quantitative estimate of drug-likeness (QED) is 0.825. The van der Waals surface area contributed by atoms with Crippen LogP contribution in [0.1, 0.15) is 35.3 Å². The van der Waals surface area contributed by atoms with Gasteiger partial charge in [-0.2, -0.15) is 4.98 Å². The van der Waals surface area contributed by atoms with E-state index >= 15 is 0 Å². The Bertz CT molecular complexity index is 896. The zero-order valence-electron chi connectivity index (χ0n) is 18.0. The van der Waals surface area contributed by atoms with Gasteiger partial charge in [-0.1, -0.05) is 0 Å². The Kier molecular flexibility index (Phi) is 5.60. The molecule has 1 N–H and O–H groups in total. The van der Waals surface area contributed by atoms with Crippen molar-refractivity contribution in [3.63, 3.8) is 0 Å². The van der Waals surface area contributed by atoms with Gasteiger partial charge in [0.05, 0.1) is 11.7 Å². The molecule has 2 fully saturated rings. The minimum Gasteiger partial charge on any atom is -0.391 e. The molecule has 1 spiro atoms. The molecule has 4 heterocycles. The highest BCUT2D eigenvalue weighted by Gasteiger charge is 2.43. The molecule has 2 aliphatic rings. The molecule has 0 saturated carbocycles. The fourth-order valence-electron chi connectivity index (χ4n) is 4.63. The van der Waals surface area contributed by atoms with Crippen LogP contribution in [0.15, 0.2) is 30.6 Å². The number of carbonyl (C=O) groups excluding carboxylic acids is 1. The first-order chi connectivity index (χ1) is 14.3. The van der Waals surface area contributed by atoms with Crippen molar-refractivity contribution in [1.82, 2.24) is 19.9 Å². The smallest absolute Gasteiger partial charge is 0.255 e. The van der Waals surface area contributed by atoms with Crippen molar-refractivity contribution in [3.05, 3.63) is 41.9 Å². The van der Waals surface area contributed by atoms with E-state index in [2.05, 4.69) is 14.9 Å². The highest BCUT2D eigenvalue weighted by molar-refractivity contribution is 5.94. The Morgan fingerprint density at radius 1 is 1.27 bits per heavy atom. The number of hydrogen-bond acceptors (Lipinski definition) is 7. The average molecular weight is 411 g/mol. The second-order valence-electron chi connectivity index (χ2n) is 8.83. The van der Waals surface area contributed by atoms with Crippen LogP contribution in [-0.2, 0) is 0 Å². The van der Waals surface area contributed by atoms with Gasteiger partial charge in [0.25, 0.3) is 5.91 Å². The summed E-state index contributed by atoms with van der Waals surface area (Å²) in [6, 6.07) is 5.53. The monoisotopic (exact) mass is 410 g/mol. The number of aromatic nitrogens is 3. The Hall–Kier alpha value is -2.74. The van der Waals surface area contributed by atoms with Crippen LogP contribution in [-0.4, -0.2) is 77.2 Å². The van der Waals surface area contributed by atoms with Gasteiger partial charge in [0.2, 0.25) is 5.95 Å². The molecule has 4 rings (SSSR count). The van der Waals surface area contributed by atoms with Gasteiger partial charge in [0.15, 0.2) is 0 Å². The van der Waals surface area contributed by atoms with Crippen molar-refractivity contribution >= 4 is 17.7 Å². The van der Waals surface area contributed by atoms with Crippen LogP contribution in [0, 0.1) is 12.3 Å². The number of β-amino-alcohol motifs (C(OH)–C–C–N with tert-alkyl or cyclic N) is 1. The molecule has 0 bridgehead atoms. The van der Waals surface area contributed by atoms with Crippen molar-refractivity contribution < 1.29 is 9.90 Å². The fraction of sp³-hybridized carbons (Fsp3) is 0.545. The molecule has 2 aliphatic heterocycles. The maximum atomic E-state index is 12.9. The first-order valence-corrected chi connectivity index (χ1v) is 10.5. The average Bonchev–Trinajstić information content (AvgIpc) is 2.73. The standard InChI is InChI=1S/C22H30N6O2/c1-16-11-19(26(2)3)25-21(24-16)27-9-6-22(7-10-27)12-18(29)14-28(15-22)20(30)17-5-4-8-23-13-17/h4-5,8,11,13,18,29H,6-7,9-10,12,14-15H2,1-3H3. The van der Waals surface area contributed by atoms with Crippen LogP contribution in [0.5, 0.6) is 0 Å². The lowest BCUT2D eigenvalue weighted by molar-refractivity contribution is -0.0151. The highest BCUT2D eigenvalue weighted by atomic mass is 16.3. The number of carbonyl (C=O) groups is 1. The van der Waals surface area contributed by atoms with E-state index < -0.39 is 6.10 Å². The fourth-order valence-corrected chi connectivity index (χ4v) is 4.63. The Labute approximate surface area is 177 Å². The van der Waals surface area contributed by atoms with Crippen molar-refractivity contribution in [2.75, 3.05) is 50.1 Å². The summed E-state index contributed by atoms with van der Waals surface area (Å²) in [6.45, 7) is 4.68. The topological polar surface area (TPSA) is 85.7 Å². The summed E-state index contributed by atoms with van der Waals surface area (Å²) in [5.41, 5.74) is 1.45. The molecule has 30 heavy (non-hydrogen) atoms. The summed E-state index contributed by atoms with van der Waals surface area (Å²) in [6.07, 6.45) is 5.28. The van der Waals surface area contributed by atoms with E-state index in [-0.39, 0.29) is 11.3 Å². The van der Waals surface area contributed by atoms with Crippen molar-refractivity contribution in [1.29, 1.82) is 0 Å². The number of likely N-dealkylation sites (tertiary alicyclic amines) is 1. The highest BCUT2D eigenvalue weighted by Crippen LogP contribution is 2.41. The number of hydrogen-bond donors (Lipinski definition) is 1. The molecule has 1 atom stereocenters. The molecule has 0 aliphatic carbocycles. The van der Waals surface area contributed by atoms with Crippen LogP contribution in [0.3, 0.4) is 0 Å². The van der Waals surface area contributed by atoms with Gasteiger partial charge < -0.3 is 19.8 Å². The van der Waals surface area contributed by atoms with E-state index in [1.807, 2.05) is 32.0 Å². The third-order valence-electron chi connectivity index (χ3n) is 6.22. The Morgan fingerprint density at radius 3 is 2.70 bits per heavy atom. The van der Waals surface area contributed by atoms with Gasteiger partial charge in [0, 0.05) is 64.4 Å². The second-order valence-corrected chi connectivity index (χ2v) is 8.83. The molecule has 8 nitrogen and oxygen atoms in total. The number of nitrogens with zero attached hydrogens (tertiary/aromatic N) is 6. The van der Waals surface area contributed by atoms with Crippen molar-refractivity contribution in [3.8, 4) is 0 Å². The van der Waals surface area contributed by atoms with E-state index in [4.69, 9.17) is 4.98 Å². The number of rotatable bonds is 3. The van der Waals surface area contributed by atoms with E-state index in [1.54, 1.807) is 29.4 Å².